The van der Waals surface area contributed by atoms with Gasteiger partial charge in [-0.1, -0.05) is 29.8 Å². The fraction of sp³-hybridized carbons (Fsp3) is 0.200. The Labute approximate surface area is 234 Å². The second-order valence-electron chi connectivity index (χ2n) is 9.60. The van der Waals surface area contributed by atoms with Gasteiger partial charge in [-0.2, -0.15) is 0 Å². The third kappa shape index (κ3) is 6.08. The smallest absolute Gasteiger partial charge is 0.262 e. The number of anilines is 1. The predicted octanol–water partition coefficient (Wildman–Crippen LogP) is 5.52. The Balaban J connectivity index is 1.34. The largest absolute Gasteiger partial charge is 0.451 e. The average molecular weight is 559 g/mol. The Morgan fingerprint density at radius 3 is 2.39 bits per heavy atom. The molecule has 0 radical (unpaired) electrons. The van der Waals surface area contributed by atoms with Crippen molar-refractivity contribution in [3.05, 3.63) is 90.4 Å². The molecule has 0 atom stereocenters. The highest BCUT2D eigenvalue weighted by atomic mass is 19.1. The number of ether oxygens (including phenoxy) is 1. The second kappa shape index (κ2) is 12.0. The monoisotopic (exact) mass is 558 g/mol. The molecule has 5 rings (SSSR count). The molecule has 1 aliphatic carbocycles. The normalized spacial score (nSPS) is 15.2. The molecule has 0 unspecified atom stereocenters. The summed E-state index contributed by atoms with van der Waals surface area (Å²) in [7, 11) is 0. The summed E-state index contributed by atoms with van der Waals surface area (Å²) >= 11 is 0. The molecule has 0 aliphatic heterocycles. The van der Waals surface area contributed by atoms with Gasteiger partial charge in [0.1, 0.15) is 23.5 Å². The van der Waals surface area contributed by atoms with E-state index in [9.17, 15) is 18.4 Å². The third-order valence-corrected chi connectivity index (χ3v) is 6.90. The molecule has 11 heteroatoms. The molecule has 4 aromatic rings. The van der Waals surface area contributed by atoms with E-state index in [1.807, 2.05) is 6.20 Å². The lowest BCUT2D eigenvalue weighted by molar-refractivity contribution is -0.123. The number of carbonyl (C=O) groups excluding carboxylic acids is 2. The van der Waals surface area contributed by atoms with E-state index >= 15 is 0 Å². The van der Waals surface area contributed by atoms with E-state index < -0.39 is 23.3 Å². The zero-order valence-electron chi connectivity index (χ0n) is 22.2. The number of nitrogens with two attached hydrogens (primary N) is 1. The quantitative estimate of drug-likeness (QED) is 0.212. The minimum Gasteiger partial charge on any atom is -0.451 e. The first kappa shape index (κ1) is 27.5. The van der Waals surface area contributed by atoms with E-state index in [0.29, 0.717) is 29.7 Å². The van der Waals surface area contributed by atoms with Crippen molar-refractivity contribution < 1.29 is 23.1 Å². The van der Waals surface area contributed by atoms with Crippen molar-refractivity contribution >= 4 is 28.7 Å². The third-order valence-electron chi connectivity index (χ3n) is 6.90. The van der Waals surface area contributed by atoms with Crippen molar-refractivity contribution in [3.63, 3.8) is 0 Å². The van der Waals surface area contributed by atoms with Crippen LogP contribution in [0.1, 0.15) is 38.6 Å². The van der Waals surface area contributed by atoms with Crippen LogP contribution < -0.4 is 21.3 Å². The Hall–Kier alpha value is -5.06. The molecule has 2 amide bonds. The molecule has 2 aromatic carbocycles. The average Bonchev–Trinajstić information content (AvgIpc) is 3.36. The summed E-state index contributed by atoms with van der Waals surface area (Å²) in [5.74, 6) is -2.20. The summed E-state index contributed by atoms with van der Waals surface area (Å²) in [6.07, 6.45) is 10.8. The second-order valence-corrected chi connectivity index (χ2v) is 9.60. The molecule has 9 nitrogen and oxygen atoms in total. The van der Waals surface area contributed by atoms with Crippen LogP contribution in [-0.4, -0.2) is 26.3 Å². The maximum Gasteiger partial charge on any atom is 0.262 e. The first-order valence-corrected chi connectivity index (χ1v) is 13.1. The number of hydrogen-bond acceptors (Lipinski definition) is 6. The zero-order valence-corrected chi connectivity index (χ0v) is 22.2. The van der Waals surface area contributed by atoms with Gasteiger partial charge in [-0.05, 0) is 62.4 Å². The SMILES string of the molecule is C/C=C/C(=O)NNC(=O)C=C1CCC(n2cc(-c3ccc(Oc4c(F)cccc4F)cc3)c3c(N)ncnc32)CC1. The van der Waals surface area contributed by atoms with Gasteiger partial charge in [-0.15, -0.1) is 0 Å². The minimum absolute atomic E-state index is 0.113. The van der Waals surface area contributed by atoms with Crippen molar-refractivity contribution in [3.8, 4) is 22.6 Å². The van der Waals surface area contributed by atoms with Crippen molar-refractivity contribution in [2.45, 2.75) is 38.6 Å². The van der Waals surface area contributed by atoms with Gasteiger partial charge >= 0.3 is 0 Å². The van der Waals surface area contributed by atoms with E-state index in [4.69, 9.17) is 10.5 Å². The number of rotatable bonds is 6. The first-order valence-electron chi connectivity index (χ1n) is 13.1. The van der Waals surface area contributed by atoms with Crippen LogP contribution in [0.2, 0.25) is 0 Å². The van der Waals surface area contributed by atoms with Crippen LogP contribution in [0.5, 0.6) is 11.5 Å². The van der Waals surface area contributed by atoms with Gasteiger partial charge in [0.15, 0.2) is 17.4 Å². The molecule has 2 heterocycles. The van der Waals surface area contributed by atoms with E-state index in [1.165, 1.54) is 24.5 Å². The van der Waals surface area contributed by atoms with Crippen LogP contribution in [0, 0.1) is 11.6 Å². The number of para-hydroxylation sites is 1. The number of allylic oxidation sites excluding steroid dienone is 2. The van der Waals surface area contributed by atoms with Crippen LogP contribution >= 0.6 is 0 Å². The van der Waals surface area contributed by atoms with Gasteiger partial charge in [0.05, 0.1) is 5.39 Å². The number of amides is 2. The molecule has 0 bridgehead atoms. The highest BCUT2D eigenvalue weighted by Crippen LogP contribution is 2.39. The molecule has 4 N–H and O–H groups in total. The molecule has 1 aliphatic rings. The van der Waals surface area contributed by atoms with Crippen molar-refractivity contribution in [2.75, 3.05) is 5.73 Å². The Bertz CT molecular complexity index is 1630. The number of hydrogen-bond donors (Lipinski definition) is 3. The molecular formula is C30H28F2N6O3. The zero-order chi connectivity index (χ0) is 28.9. The molecule has 1 saturated carbocycles. The van der Waals surface area contributed by atoms with Crippen molar-refractivity contribution in [2.24, 2.45) is 0 Å². The minimum atomic E-state index is -0.788. The van der Waals surface area contributed by atoms with E-state index in [-0.39, 0.29) is 17.7 Å². The van der Waals surface area contributed by atoms with Crippen LogP contribution in [0.3, 0.4) is 0 Å². The van der Waals surface area contributed by atoms with Gasteiger partial charge < -0.3 is 15.0 Å². The first-order chi connectivity index (χ1) is 19.8. The van der Waals surface area contributed by atoms with Gasteiger partial charge in [-0.3, -0.25) is 20.4 Å². The highest BCUT2D eigenvalue weighted by molar-refractivity contribution is 6.00. The van der Waals surface area contributed by atoms with E-state index in [0.717, 1.165) is 41.7 Å². The molecule has 0 saturated heterocycles. The van der Waals surface area contributed by atoms with Gasteiger partial charge in [0, 0.05) is 30.0 Å². The lowest BCUT2D eigenvalue weighted by atomic mass is 9.90. The predicted molar refractivity (Wildman–Crippen MR) is 150 cm³/mol. The van der Waals surface area contributed by atoms with Gasteiger partial charge in [0.25, 0.3) is 11.8 Å². The van der Waals surface area contributed by atoms with Crippen LogP contribution in [-0.2, 0) is 9.59 Å². The summed E-state index contributed by atoms with van der Waals surface area (Å²) in [6, 6.07) is 10.5. The van der Waals surface area contributed by atoms with E-state index in [1.54, 1.807) is 37.3 Å². The maximum atomic E-state index is 14.0. The molecule has 210 valence electrons. The fourth-order valence-electron chi connectivity index (χ4n) is 4.94. The number of aromatic nitrogens is 3. The van der Waals surface area contributed by atoms with Crippen LogP contribution in [0.15, 0.2) is 78.8 Å². The molecule has 41 heavy (non-hydrogen) atoms. The Kier molecular flexibility index (Phi) is 8.04. The topological polar surface area (TPSA) is 124 Å². The standard InChI is InChI=1S/C30H28F2N6O3/c1-2-4-25(39)36-37-26(40)15-18-7-11-20(12-8-18)38-16-22(27-29(33)34-17-35-30(27)38)19-9-13-21(14-10-19)41-28-23(31)5-3-6-24(28)32/h2-6,9-10,13-17,20H,7-8,11-12H2,1H3,(H,36,39)(H,37,40)(H2,33,34,35)/b4-2+,18-15?. The number of carbonyl (C=O) groups is 2. The van der Waals surface area contributed by atoms with Crippen LogP contribution in [0.4, 0.5) is 14.6 Å². The number of nitrogen functional groups attached to an aromatic ring is 1. The van der Waals surface area contributed by atoms with Gasteiger partial charge in [-0.25, -0.2) is 18.7 Å². The van der Waals surface area contributed by atoms with Crippen molar-refractivity contribution in [1.82, 2.24) is 25.4 Å². The molecule has 2 aromatic heterocycles. The summed E-state index contributed by atoms with van der Waals surface area (Å²) in [4.78, 5) is 32.4. The number of halogens is 2. The Morgan fingerprint density at radius 1 is 1.02 bits per heavy atom. The van der Waals surface area contributed by atoms with Crippen LogP contribution in [0.25, 0.3) is 22.2 Å². The number of nitrogens with zero attached hydrogens (tertiary/aromatic N) is 3. The highest BCUT2D eigenvalue weighted by Gasteiger charge is 2.24. The van der Waals surface area contributed by atoms with Gasteiger partial charge in [0.2, 0.25) is 0 Å². The molecular weight excluding hydrogens is 530 g/mol. The maximum absolute atomic E-state index is 14.0. The number of fused-ring (bicyclic) bond motifs is 1. The summed E-state index contributed by atoms with van der Waals surface area (Å²) in [5.41, 5.74) is 14.3. The molecule has 0 spiro atoms. The summed E-state index contributed by atoms with van der Waals surface area (Å²) in [6.45, 7) is 1.71. The summed E-state index contributed by atoms with van der Waals surface area (Å²) < 4.78 is 35.6. The number of hydrazine groups is 1. The lowest BCUT2D eigenvalue weighted by Crippen LogP contribution is -2.40. The van der Waals surface area contributed by atoms with E-state index in [2.05, 4.69) is 25.4 Å². The molecule has 1 fully saturated rings. The number of benzene rings is 2. The summed E-state index contributed by atoms with van der Waals surface area (Å²) in [5, 5.41) is 0.707. The van der Waals surface area contributed by atoms with Crippen molar-refractivity contribution in [1.29, 1.82) is 0 Å². The fourth-order valence-corrected chi connectivity index (χ4v) is 4.94. The lowest BCUT2D eigenvalue weighted by Gasteiger charge is -2.25. The number of nitrogens with one attached hydrogen (secondary N) is 2. The Morgan fingerprint density at radius 2 is 1.71 bits per heavy atom.